The number of carbonyl (C=O) groups excluding carboxylic acids is 2. The van der Waals surface area contributed by atoms with Crippen LogP contribution in [0.25, 0.3) is 0 Å². The molecule has 0 saturated heterocycles. The SMILES string of the molecule is CCC(C(=O)Nc1c2c(nn1CC(=O)NCc1ccc(F)cc1)CSC2)c1ccccc1. The Hall–Kier alpha value is -3.13. The van der Waals surface area contributed by atoms with Crippen molar-refractivity contribution in [3.63, 3.8) is 0 Å². The maximum absolute atomic E-state index is 13.1. The number of halogens is 1. The maximum atomic E-state index is 13.1. The molecule has 3 aromatic rings. The summed E-state index contributed by atoms with van der Waals surface area (Å²) < 4.78 is 14.6. The number of thioether (sulfide) groups is 1. The summed E-state index contributed by atoms with van der Waals surface area (Å²) in [5.41, 5.74) is 3.66. The van der Waals surface area contributed by atoms with Gasteiger partial charge in [-0.25, -0.2) is 9.07 Å². The van der Waals surface area contributed by atoms with E-state index in [2.05, 4.69) is 15.7 Å². The van der Waals surface area contributed by atoms with E-state index in [1.54, 1.807) is 28.6 Å². The predicted octanol–water partition coefficient (Wildman–Crippen LogP) is 4.22. The second kappa shape index (κ2) is 9.99. The molecule has 2 aromatic carbocycles. The molecule has 32 heavy (non-hydrogen) atoms. The summed E-state index contributed by atoms with van der Waals surface area (Å²) in [6, 6.07) is 15.7. The van der Waals surface area contributed by atoms with Gasteiger partial charge in [-0.2, -0.15) is 16.9 Å². The molecule has 4 rings (SSSR count). The van der Waals surface area contributed by atoms with Crippen LogP contribution in [0.1, 0.15) is 41.6 Å². The first-order valence-corrected chi connectivity index (χ1v) is 11.7. The number of carbonyl (C=O) groups is 2. The van der Waals surface area contributed by atoms with Crippen LogP contribution in [-0.4, -0.2) is 21.6 Å². The zero-order chi connectivity index (χ0) is 22.5. The van der Waals surface area contributed by atoms with E-state index in [1.165, 1.54) is 12.1 Å². The molecule has 2 amide bonds. The molecule has 0 bridgehead atoms. The van der Waals surface area contributed by atoms with Gasteiger partial charge in [-0.3, -0.25) is 9.59 Å². The van der Waals surface area contributed by atoms with Crippen molar-refractivity contribution < 1.29 is 14.0 Å². The summed E-state index contributed by atoms with van der Waals surface area (Å²) in [7, 11) is 0. The Morgan fingerprint density at radius 2 is 1.88 bits per heavy atom. The lowest BCUT2D eigenvalue weighted by atomic mass is 9.95. The number of amides is 2. The van der Waals surface area contributed by atoms with Crippen molar-refractivity contribution in [1.29, 1.82) is 0 Å². The number of nitrogens with zero attached hydrogens (tertiary/aromatic N) is 2. The van der Waals surface area contributed by atoms with Crippen LogP contribution in [-0.2, 0) is 34.2 Å². The van der Waals surface area contributed by atoms with Gasteiger partial charge in [0.25, 0.3) is 0 Å². The van der Waals surface area contributed by atoms with Crippen molar-refractivity contribution in [2.45, 2.75) is 43.9 Å². The van der Waals surface area contributed by atoms with E-state index in [1.807, 2.05) is 37.3 Å². The fourth-order valence-electron chi connectivity index (χ4n) is 3.78. The van der Waals surface area contributed by atoms with E-state index < -0.39 is 0 Å². The average molecular weight is 453 g/mol. The minimum absolute atomic E-state index is 0.00337. The molecule has 0 saturated carbocycles. The second-order valence-corrected chi connectivity index (χ2v) is 8.67. The largest absolute Gasteiger partial charge is 0.350 e. The van der Waals surface area contributed by atoms with Crippen LogP contribution in [0.2, 0.25) is 0 Å². The van der Waals surface area contributed by atoms with Crippen LogP contribution < -0.4 is 10.6 Å². The van der Waals surface area contributed by atoms with Gasteiger partial charge < -0.3 is 10.6 Å². The van der Waals surface area contributed by atoms with Crippen molar-refractivity contribution in [2.75, 3.05) is 5.32 Å². The van der Waals surface area contributed by atoms with Gasteiger partial charge >= 0.3 is 0 Å². The first-order valence-electron chi connectivity index (χ1n) is 10.6. The number of benzene rings is 2. The molecular formula is C24H25FN4O2S. The zero-order valence-corrected chi connectivity index (χ0v) is 18.6. The van der Waals surface area contributed by atoms with Crippen molar-refractivity contribution >= 4 is 29.4 Å². The van der Waals surface area contributed by atoms with Gasteiger partial charge in [0.1, 0.15) is 18.2 Å². The highest BCUT2D eigenvalue weighted by Gasteiger charge is 2.27. The summed E-state index contributed by atoms with van der Waals surface area (Å²) in [5.74, 6) is 1.19. The van der Waals surface area contributed by atoms with Gasteiger partial charge in [-0.05, 0) is 29.7 Å². The smallest absolute Gasteiger partial charge is 0.242 e. The number of hydrogen-bond donors (Lipinski definition) is 2. The summed E-state index contributed by atoms with van der Waals surface area (Å²) in [6.45, 7) is 2.28. The normalized spacial score (nSPS) is 13.4. The Kier molecular flexibility index (Phi) is 6.90. The van der Waals surface area contributed by atoms with Gasteiger partial charge in [0.15, 0.2) is 0 Å². The first kappa shape index (κ1) is 22.1. The molecule has 1 aliphatic rings. The lowest BCUT2D eigenvalue weighted by Crippen LogP contribution is -2.29. The molecule has 1 unspecified atom stereocenters. The number of nitrogens with one attached hydrogen (secondary N) is 2. The Morgan fingerprint density at radius 1 is 1.12 bits per heavy atom. The second-order valence-electron chi connectivity index (χ2n) is 7.69. The number of rotatable bonds is 8. The molecule has 0 spiro atoms. The lowest BCUT2D eigenvalue weighted by Gasteiger charge is -2.17. The number of fused-ring (bicyclic) bond motifs is 1. The van der Waals surface area contributed by atoms with Crippen LogP contribution >= 0.6 is 11.8 Å². The van der Waals surface area contributed by atoms with E-state index in [-0.39, 0.29) is 30.1 Å². The van der Waals surface area contributed by atoms with Gasteiger partial charge in [-0.1, -0.05) is 49.4 Å². The third-order valence-electron chi connectivity index (χ3n) is 5.48. The van der Waals surface area contributed by atoms with Crippen LogP contribution in [0.5, 0.6) is 0 Å². The minimum Gasteiger partial charge on any atom is -0.350 e. The molecule has 2 heterocycles. The van der Waals surface area contributed by atoms with E-state index in [9.17, 15) is 14.0 Å². The van der Waals surface area contributed by atoms with E-state index in [0.717, 1.165) is 33.9 Å². The third kappa shape index (κ3) is 5.02. The van der Waals surface area contributed by atoms with Gasteiger partial charge in [0, 0.05) is 23.6 Å². The minimum atomic E-state index is -0.315. The Bertz CT molecular complexity index is 1100. The summed E-state index contributed by atoms with van der Waals surface area (Å²) in [5, 5.41) is 10.5. The highest BCUT2D eigenvalue weighted by atomic mass is 32.2. The molecule has 166 valence electrons. The van der Waals surface area contributed by atoms with E-state index in [4.69, 9.17) is 0 Å². The molecule has 8 heteroatoms. The topological polar surface area (TPSA) is 76.0 Å². The highest BCUT2D eigenvalue weighted by molar-refractivity contribution is 7.98. The number of aromatic nitrogens is 2. The Morgan fingerprint density at radius 3 is 2.59 bits per heavy atom. The monoisotopic (exact) mass is 452 g/mol. The summed E-state index contributed by atoms with van der Waals surface area (Å²) in [6.07, 6.45) is 0.666. The van der Waals surface area contributed by atoms with Crippen LogP contribution in [0.3, 0.4) is 0 Å². The van der Waals surface area contributed by atoms with Crippen molar-refractivity contribution in [2.24, 2.45) is 0 Å². The molecule has 0 radical (unpaired) electrons. The number of anilines is 1. The Labute approximate surface area is 190 Å². The Balaban J connectivity index is 1.47. The van der Waals surface area contributed by atoms with Crippen LogP contribution in [0, 0.1) is 5.82 Å². The highest BCUT2D eigenvalue weighted by Crippen LogP contribution is 2.35. The molecule has 6 nitrogen and oxygen atoms in total. The standard InChI is InChI=1S/C24H25FN4O2S/c1-2-19(17-6-4-3-5-7-17)24(31)27-23-20-14-32-15-21(20)28-29(23)13-22(30)26-12-16-8-10-18(25)11-9-16/h3-11,19H,2,12-15H2,1H3,(H,26,30)(H,27,31). The quantitative estimate of drug-likeness (QED) is 0.537. The van der Waals surface area contributed by atoms with Gasteiger partial charge in [-0.15, -0.1) is 0 Å². The van der Waals surface area contributed by atoms with Crippen molar-refractivity contribution in [1.82, 2.24) is 15.1 Å². The van der Waals surface area contributed by atoms with Gasteiger partial charge in [0.2, 0.25) is 11.8 Å². The third-order valence-corrected chi connectivity index (χ3v) is 6.45. The fourth-order valence-corrected chi connectivity index (χ4v) is 4.81. The molecule has 1 aromatic heterocycles. The van der Waals surface area contributed by atoms with Gasteiger partial charge in [0.05, 0.1) is 11.6 Å². The summed E-state index contributed by atoms with van der Waals surface area (Å²) >= 11 is 1.74. The van der Waals surface area contributed by atoms with E-state index in [0.29, 0.717) is 18.8 Å². The molecule has 2 N–H and O–H groups in total. The molecular weight excluding hydrogens is 427 g/mol. The molecule has 1 atom stereocenters. The summed E-state index contributed by atoms with van der Waals surface area (Å²) in [4.78, 5) is 25.7. The zero-order valence-electron chi connectivity index (χ0n) is 17.8. The average Bonchev–Trinajstić information content (AvgIpc) is 3.37. The fraction of sp³-hybridized carbons (Fsp3) is 0.292. The first-order chi connectivity index (χ1) is 15.5. The molecule has 0 fully saturated rings. The molecule has 0 aliphatic carbocycles. The predicted molar refractivity (Wildman–Crippen MR) is 124 cm³/mol. The number of hydrogen-bond acceptors (Lipinski definition) is 4. The van der Waals surface area contributed by atoms with Crippen molar-refractivity contribution in [3.8, 4) is 0 Å². The van der Waals surface area contributed by atoms with Crippen LogP contribution in [0.15, 0.2) is 54.6 Å². The maximum Gasteiger partial charge on any atom is 0.242 e. The van der Waals surface area contributed by atoms with E-state index >= 15 is 0 Å². The van der Waals surface area contributed by atoms with Crippen LogP contribution in [0.4, 0.5) is 10.2 Å². The van der Waals surface area contributed by atoms with Crippen molar-refractivity contribution in [3.05, 3.63) is 82.8 Å². The lowest BCUT2D eigenvalue weighted by molar-refractivity contribution is -0.122. The molecule has 1 aliphatic heterocycles.